The topological polar surface area (TPSA) is 63.2 Å². The van der Waals surface area contributed by atoms with Crippen molar-refractivity contribution >= 4 is 11.9 Å². The molecule has 1 fully saturated rings. The zero-order valence-electron chi connectivity index (χ0n) is 15.1. The number of aliphatic imine (C=N–C) groups is 1. The molecular weight excluding hydrogens is 306 g/mol. The number of benzene rings is 1. The van der Waals surface area contributed by atoms with E-state index < -0.39 is 0 Å². The largest absolute Gasteiger partial charge is 0.496 e. The molecule has 2 rings (SSSR count). The number of hydrogen-bond donors (Lipinski definition) is 1. The van der Waals surface area contributed by atoms with Crippen LogP contribution in [0.3, 0.4) is 0 Å². The molecule has 2 atom stereocenters. The Balaban J connectivity index is 1.98. The molecule has 1 aromatic rings. The van der Waals surface area contributed by atoms with Gasteiger partial charge in [-0.3, -0.25) is 9.79 Å². The molecule has 0 aliphatic carbocycles. The van der Waals surface area contributed by atoms with E-state index in [4.69, 9.17) is 9.47 Å². The second kappa shape index (κ2) is 8.04. The molecule has 0 amide bonds. The quantitative estimate of drug-likeness (QED) is 0.517. The van der Waals surface area contributed by atoms with Gasteiger partial charge in [-0.25, -0.2) is 0 Å². The molecule has 0 radical (unpaired) electrons. The summed E-state index contributed by atoms with van der Waals surface area (Å²) in [6.07, 6.45) is 0. The van der Waals surface area contributed by atoms with Gasteiger partial charge in [-0.2, -0.15) is 0 Å². The second-order valence-electron chi connectivity index (χ2n) is 6.22. The Hall–Kier alpha value is -2.24. The molecule has 0 saturated carbocycles. The van der Waals surface area contributed by atoms with Crippen molar-refractivity contribution in [2.75, 3.05) is 34.4 Å². The summed E-state index contributed by atoms with van der Waals surface area (Å²) in [4.78, 5) is 18.3. The lowest BCUT2D eigenvalue weighted by Gasteiger charge is -2.21. The molecule has 1 saturated heterocycles. The van der Waals surface area contributed by atoms with Crippen LogP contribution in [0.4, 0.5) is 0 Å². The molecule has 1 aromatic carbocycles. The van der Waals surface area contributed by atoms with Crippen molar-refractivity contribution in [2.45, 2.75) is 20.4 Å². The van der Waals surface area contributed by atoms with E-state index in [0.717, 1.165) is 29.4 Å². The van der Waals surface area contributed by atoms with E-state index in [9.17, 15) is 4.79 Å². The first-order valence-electron chi connectivity index (χ1n) is 8.17. The van der Waals surface area contributed by atoms with E-state index in [0.29, 0.717) is 13.1 Å². The Morgan fingerprint density at radius 3 is 2.71 bits per heavy atom. The summed E-state index contributed by atoms with van der Waals surface area (Å²) in [6.45, 7) is 6.20. The van der Waals surface area contributed by atoms with E-state index in [-0.39, 0.29) is 17.8 Å². The Kier molecular flexibility index (Phi) is 6.06. The van der Waals surface area contributed by atoms with Crippen LogP contribution in [0.5, 0.6) is 5.75 Å². The third kappa shape index (κ3) is 3.99. The molecule has 1 heterocycles. The van der Waals surface area contributed by atoms with Crippen LogP contribution in [0.25, 0.3) is 0 Å². The Bertz CT molecular complexity index is 616. The highest BCUT2D eigenvalue weighted by Crippen LogP contribution is 2.24. The third-order valence-electron chi connectivity index (χ3n) is 4.54. The second-order valence-corrected chi connectivity index (χ2v) is 6.22. The summed E-state index contributed by atoms with van der Waals surface area (Å²) in [5.41, 5.74) is 2.26. The number of esters is 1. The summed E-state index contributed by atoms with van der Waals surface area (Å²) < 4.78 is 10.2. The first kappa shape index (κ1) is 18.1. The number of hydrogen-bond acceptors (Lipinski definition) is 4. The molecular formula is C18H27N3O3. The third-order valence-corrected chi connectivity index (χ3v) is 4.54. The van der Waals surface area contributed by atoms with Crippen molar-refractivity contribution in [3.05, 3.63) is 29.3 Å². The first-order valence-corrected chi connectivity index (χ1v) is 8.17. The Morgan fingerprint density at radius 2 is 2.12 bits per heavy atom. The van der Waals surface area contributed by atoms with E-state index in [2.05, 4.69) is 28.2 Å². The maximum absolute atomic E-state index is 11.8. The standard InChI is InChI=1S/C18H27N3O3/c1-12-8-14(6-7-16(12)23-4)9-20-18(19-3)21-10-13(2)15(11-21)17(22)24-5/h6-8,13,15H,9-11H2,1-5H3,(H,19,20). The van der Waals surface area contributed by atoms with Crippen LogP contribution in [0.2, 0.25) is 0 Å². The van der Waals surface area contributed by atoms with Gasteiger partial charge in [-0.1, -0.05) is 19.1 Å². The van der Waals surface area contributed by atoms with Crippen LogP contribution in [0.1, 0.15) is 18.1 Å². The van der Waals surface area contributed by atoms with Crippen molar-refractivity contribution in [3.63, 3.8) is 0 Å². The molecule has 0 bridgehead atoms. The Morgan fingerprint density at radius 1 is 1.38 bits per heavy atom. The lowest BCUT2D eigenvalue weighted by atomic mass is 9.99. The molecule has 132 valence electrons. The lowest BCUT2D eigenvalue weighted by molar-refractivity contribution is -0.145. The first-order chi connectivity index (χ1) is 11.5. The predicted molar refractivity (Wildman–Crippen MR) is 94.2 cm³/mol. The minimum atomic E-state index is -0.147. The molecule has 2 unspecified atom stereocenters. The van der Waals surface area contributed by atoms with Crippen LogP contribution in [0, 0.1) is 18.8 Å². The van der Waals surface area contributed by atoms with Gasteiger partial charge in [0.15, 0.2) is 5.96 Å². The van der Waals surface area contributed by atoms with Gasteiger partial charge < -0.3 is 19.7 Å². The number of carbonyl (C=O) groups excluding carboxylic acids is 1. The summed E-state index contributed by atoms with van der Waals surface area (Å²) in [5.74, 6) is 1.70. The SMILES string of the molecule is CN=C(NCc1ccc(OC)c(C)c1)N1CC(C)C(C(=O)OC)C1. The highest BCUT2D eigenvalue weighted by Gasteiger charge is 2.36. The minimum absolute atomic E-state index is 0.100. The normalized spacial score (nSPS) is 20.9. The number of rotatable bonds is 4. The molecule has 6 heteroatoms. The summed E-state index contributed by atoms with van der Waals surface area (Å²) in [6, 6.07) is 6.11. The van der Waals surface area contributed by atoms with Crippen LogP contribution in [-0.4, -0.2) is 51.2 Å². The van der Waals surface area contributed by atoms with E-state index in [1.54, 1.807) is 14.2 Å². The van der Waals surface area contributed by atoms with Crippen molar-refractivity contribution in [2.24, 2.45) is 16.8 Å². The maximum Gasteiger partial charge on any atom is 0.310 e. The van der Waals surface area contributed by atoms with Gasteiger partial charge in [-0.15, -0.1) is 0 Å². The number of aryl methyl sites for hydroxylation is 1. The van der Waals surface area contributed by atoms with Gasteiger partial charge >= 0.3 is 5.97 Å². The van der Waals surface area contributed by atoms with E-state index in [1.165, 1.54) is 7.11 Å². The highest BCUT2D eigenvalue weighted by molar-refractivity contribution is 5.82. The van der Waals surface area contributed by atoms with Crippen molar-refractivity contribution in [3.8, 4) is 5.75 Å². The number of ether oxygens (including phenoxy) is 2. The number of guanidine groups is 1. The van der Waals surface area contributed by atoms with Gasteiger partial charge in [0.25, 0.3) is 0 Å². The van der Waals surface area contributed by atoms with Gasteiger partial charge in [0.1, 0.15) is 5.75 Å². The van der Waals surface area contributed by atoms with Crippen LogP contribution < -0.4 is 10.1 Å². The van der Waals surface area contributed by atoms with Crippen molar-refractivity contribution in [1.82, 2.24) is 10.2 Å². The van der Waals surface area contributed by atoms with Gasteiger partial charge in [0.2, 0.25) is 0 Å². The minimum Gasteiger partial charge on any atom is -0.496 e. The summed E-state index contributed by atoms with van der Waals surface area (Å²) in [5, 5.41) is 3.37. The molecule has 24 heavy (non-hydrogen) atoms. The molecule has 1 N–H and O–H groups in total. The molecule has 0 aromatic heterocycles. The van der Waals surface area contributed by atoms with Crippen LogP contribution in [-0.2, 0) is 16.1 Å². The van der Waals surface area contributed by atoms with Gasteiger partial charge in [0, 0.05) is 26.7 Å². The fourth-order valence-electron chi connectivity index (χ4n) is 3.16. The van der Waals surface area contributed by atoms with E-state index in [1.807, 2.05) is 19.1 Å². The van der Waals surface area contributed by atoms with Crippen molar-refractivity contribution < 1.29 is 14.3 Å². The van der Waals surface area contributed by atoms with Gasteiger partial charge in [0.05, 0.1) is 20.1 Å². The van der Waals surface area contributed by atoms with E-state index >= 15 is 0 Å². The smallest absolute Gasteiger partial charge is 0.310 e. The number of likely N-dealkylation sites (tertiary alicyclic amines) is 1. The fraction of sp³-hybridized carbons (Fsp3) is 0.556. The Labute approximate surface area is 143 Å². The maximum atomic E-state index is 11.8. The number of nitrogens with one attached hydrogen (secondary N) is 1. The molecule has 1 aliphatic heterocycles. The van der Waals surface area contributed by atoms with Crippen molar-refractivity contribution in [1.29, 1.82) is 0 Å². The van der Waals surface area contributed by atoms with Crippen LogP contribution >= 0.6 is 0 Å². The van der Waals surface area contributed by atoms with Crippen LogP contribution in [0.15, 0.2) is 23.2 Å². The number of carbonyl (C=O) groups is 1. The fourth-order valence-corrected chi connectivity index (χ4v) is 3.16. The average Bonchev–Trinajstić information content (AvgIpc) is 2.96. The molecule has 6 nitrogen and oxygen atoms in total. The zero-order valence-corrected chi connectivity index (χ0v) is 15.1. The molecule has 0 spiro atoms. The van der Waals surface area contributed by atoms with Gasteiger partial charge in [-0.05, 0) is 30.0 Å². The highest BCUT2D eigenvalue weighted by atomic mass is 16.5. The average molecular weight is 333 g/mol. The number of methoxy groups -OCH3 is 2. The summed E-state index contributed by atoms with van der Waals surface area (Å²) in [7, 11) is 4.88. The number of nitrogens with zero attached hydrogens (tertiary/aromatic N) is 2. The molecule has 1 aliphatic rings. The lowest BCUT2D eigenvalue weighted by Crippen LogP contribution is -2.40. The monoisotopic (exact) mass is 333 g/mol. The zero-order chi connectivity index (χ0) is 17.7. The predicted octanol–water partition coefficient (Wildman–Crippen LogP) is 1.82. The summed E-state index contributed by atoms with van der Waals surface area (Å²) >= 11 is 0.